The monoisotopic (exact) mass is 483 g/mol. The van der Waals surface area contributed by atoms with E-state index in [1.807, 2.05) is 0 Å². The quantitative estimate of drug-likeness (QED) is 0.680. The van der Waals surface area contributed by atoms with Crippen molar-refractivity contribution in [2.45, 2.75) is 34.8 Å². The lowest BCUT2D eigenvalue weighted by Gasteiger charge is -2.30. The van der Waals surface area contributed by atoms with Crippen LogP contribution in [0.5, 0.6) is 0 Å². The van der Waals surface area contributed by atoms with Gasteiger partial charge in [0.1, 0.15) is 4.21 Å². The molecular formula is C20H25N3O5S3. The summed E-state index contributed by atoms with van der Waals surface area (Å²) >= 11 is 1.17. The zero-order valence-corrected chi connectivity index (χ0v) is 19.4. The average Bonchev–Trinajstić information content (AvgIpc) is 3.49. The molecular weight excluding hydrogens is 458 g/mol. The van der Waals surface area contributed by atoms with E-state index in [4.69, 9.17) is 0 Å². The van der Waals surface area contributed by atoms with Gasteiger partial charge in [-0.25, -0.2) is 16.8 Å². The van der Waals surface area contributed by atoms with E-state index in [2.05, 4.69) is 5.32 Å². The number of thiophene rings is 1. The Morgan fingerprint density at radius 1 is 0.903 bits per heavy atom. The van der Waals surface area contributed by atoms with Crippen LogP contribution in [-0.2, 0) is 24.8 Å². The first-order valence-corrected chi connectivity index (χ1v) is 14.0. The number of nitrogens with one attached hydrogen (secondary N) is 1. The van der Waals surface area contributed by atoms with E-state index in [0.717, 1.165) is 12.8 Å². The van der Waals surface area contributed by atoms with Crippen LogP contribution in [0.4, 0.5) is 5.69 Å². The summed E-state index contributed by atoms with van der Waals surface area (Å²) in [7, 11) is -7.09. The van der Waals surface area contributed by atoms with Crippen LogP contribution in [0, 0.1) is 5.92 Å². The molecule has 1 N–H and O–H groups in total. The Morgan fingerprint density at radius 2 is 1.58 bits per heavy atom. The third-order valence-electron chi connectivity index (χ3n) is 5.67. The van der Waals surface area contributed by atoms with E-state index in [0.29, 0.717) is 38.2 Å². The Balaban J connectivity index is 1.41. The average molecular weight is 484 g/mol. The number of hydrogen-bond acceptors (Lipinski definition) is 6. The molecule has 0 radical (unpaired) electrons. The second-order valence-electron chi connectivity index (χ2n) is 7.76. The van der Waals surface area contributed by atoms with E-state index < -0.39 is 26.0 Å². The first-order chi connectivity index (χ1) is 14.8. The van der Waals surface area contributed by atoms with Gasteiger partial charge in [-0.05, 0) is 61.4 Å². The minimum absolute atomic E-state index is 0.132. The summed E-state index contributed by atoms with van der Waals surface area (Å²) in [6.45, 7) is 1.60. The Bertz CT molecular complexity index is 1120. The minimum atomic E-state index is -3.59. The molecule has 11 heteroatoms. The highest BCUT2D eigenvalue weighted by Crippen LogP contribution is 2.27. The first kappa shape index (κ1) is 22.4. The van der Waals surface area contributed by atoms with E-state index in [-0.39, 0.29) is 21.6 Å². The van der Waals surface area contributed by atoms with Crippen molar-refractivity contribution >= 4 is 43.0 Å². The van der Waals surface area contributed by atoms with Gasteiger partial charge >= 0.3 is 0 Å². The number of carbonyl (C=O) groups excluding carboxylic acids is 1. The van der Waals surface area contributed by atoms with Crippen LogP contribution in [0.3, 0.4) is 0 Å². The molecule has 2 fully saturated rings. The summed E-state index contributed by atoms with van der Waals surface area (Å²) < 4.78 is 53.9. The predicted octanol–water partition coefficient (Wildman–Crippen LogP) is 2.57. The molecule has 0 bridgehead atoms. The lowest BCUT2D eigenvalue weighted by molar-refractivity contribution is -0.120. The van der Waals surface area contributed by atoms with Gasteiger partial charge in [0.25, 0.3) is 10.0 Å². The smallest absolute Gasteiger partial charge is 0.252 e. The molecule has 0 unspecified atom stereocenters. The van der Waals surface area contributed by atoms with E-state index in [1.165, 1.54) is 32.1 Å². The molecule has 2 saturated heterocycles. The number of hydrogen-bond donors (Lipinski definition) is 1. The molecule has 4 rings (SSSR count). The van der Waals surface area contributed by atoms with Gasteiger partial charge in [-0.15, -0.1) is 11.3 Å². The number of amides is 1. The van der Waals surface area contributed by atoms with E-state index in [1.54, 1.807) is 29.6 Å². The Hall–Kier alpha value is -1.79. The zero-order chi connectivity index (χ0) is 22.1. The molecule has 2 aliphatic heterocycles. The summed E-state index contributed by atoms with van der Waals surface area (Å²) in [6, 6.07) is 9.41. The highest BCUT2D eigenvalue weighted by Gasteiger charge is 2.34. The van der Waals surface area contributed by atoms with Crippen LogP contribution in [-0.4, -0.2) is 57.5 Å². The summed E-state index contributed by atoms with van der Waals surface area (Å²) in [6.07, 6.45) is 2.95. The van der Waals surface area contributed by atoms with Crippen LogP contribution in [0.2, 0.25) is 0 Å². The second kappa shape index (κ2) is 8.99. The molecule has 3 heterocycles. The maximum Gasteiger partial charge on any atom is 0.252 e. The zero-order valence-electron chi connectivity index (χ0n) is 16.9. The molecule has 1 amide bonds. The summed E-state index contributed by atoms with van der Waals surface area (Å²) in [4.78, 5) is 13.0. The normalized spacial score (nSPS) is 21.2. The summed E-state index contributed by atoms with van der Waals surface area (Å²) in [5.41, 5.74) is 0.489. The number of rotatable bonds is 6. The molecule has 31 heavy (non-hydrogen) atoms. The fraction of sp³-hybridized carbons (Fsp3) is 0.450. The third kappa shape index (κ3) is 4.70. The fourth-order valence-electron chi connectivity index (χ4n) is 3.94. The predicted molar refractivity (Wildman–Crippen MR) is 119 cm³/mol. The molecule has 1 aromatic carbocycles. The van der Waals surface area contributed by atoms with Crippen molar-refractivity contribution in [3.63, 3.8) is 0 Å². The molecule has 8 nitrogen and oxygen atoms in total. The van der Waals surface area contributed by atoms with Crippen molar-refractivity contribution in [2.24, 2.45) is 5.92 Å². The second-order valence-corrected chi connectivity index (χ2v) is 12.8. The lowest BCUT2D eigenvalue weighted by atomic mass is 9.99. The van der Waals surface area contributed by atoms with Crippen molar-refractivity contribution in [2.75, 3.05) is 31.5 Å². The number of piperidine rings is 1. The fourth-order valence-corrected chi connectivity index (χ4v) is 8.13. The van der Waals surface area contributed by atoms with Crippen molar-refractivity contribution in [3.05, 3.63) is 41.8 Å². The molecule has 2 aliphatic rings. The topological polar surface area (TPSA) is 104 Å². The van der Waals surface area contributed by atoms with Crippen LogP contribution in [0.15, 0.2) is 50.9 Å². The molecule has 2 aromatic rings. The lowest BCUT2D eigenvalue weighted by Crippen LogP contribution is -2.43. The Morgan fingerprint density at radius 3 is 2.23 bits per heavy atom. The number of sulfonamides is 2. The van der Waals surface area contributed by atoms with Gasteiger partial charge in [0.15, 0.2) is 0 Å². The van der Waals surface area contributed by atoms with E-state index >= 15 is 0 Å². The van der Waals surface area contributed by atoms with Crippen molar-refractivity contribution in [3.8, 4) is 0 Å². The van der Waals surface area contributed by atoms with Crippen molar-refractivity contribution in [1.29, 1.82) is 0 Å². The van der Waals surface area contributed by atoms with Gasteiger partial charge in [0.05, 0.1) is 10.8 Å². The maximum absolute atomic E-state index is 12.8. The van der Waals surface area contributed by atoms with Crippen LogP contribution in [0.25, 0.3) is 0 Å². The number of carbonyl (C=O) groups is 1. The van der Waals surface area contributed by atoms with Gasteiger partial charge in [-0.3, -0.25) is 4.79 Å². The summed E-state index contributed by atoms with van der Waals surface area (Å²) in [5.74, 6) is -0.724. The Kier molecular flexibility index (Phi) is 6.50. The van der Waals surface area contributed by atoms with Gasteiger partial charge in [0.2, 0.25) is 15.9 Å². The standard InChI is InChI=1S/C20H25N3O5S3/c24-20(16-5-3-13-23(15-16)31(27,28)19-6-4-14-29-19)21-17-7-9-18(10-8-17)30(25,26)22-11-1-2-12-22/h4,6-10,14,16H,1-3,5,11-13,15H2,(H,21,24)/t16-/m1/s1. The number of nitrogens with zero attached hydrogens (tertiary/aromatic N) is 2. The van der Waals surface area contributed by atoms with E-state index in [9.17, 15) is 21.6 Å². The van der Waals surface area contributed by atoms with Crippen molar-refractivity contribution in [1.82, 2.24) is 8.61 Å². The number of anilines is 1. The SMILES string of the molecule is O=C(Nc1ccc(S(=O)(=O)N2CCCC2)cc1)[C@@H]1CCCN(S(=O)(=O)c2cccs2)C1. The molecule has 0 spiro atoms. The largest absolute Gasteiger partial charge is 0.326 e. The molecule has 1 atom stereocenters. The van der Waals surface area contributed by atoms with Gasteiger partial charge in [0, 0.05) is 31.9 Å². The third-order valence-corrected chi connectivity index (χ3v) is 10.8. The van der Waals surface area contributed by atoms with Crippen LogP contribution < -0.4 is 5.32 Å². The van der Waals surface area contributed by atoms with Gasteiger partial charge in [-0.2, -0.15) is 8.61 Å². The summed E-state index contributed by atoms with van der Waals surface area (Å²) in [5, 5.41) is 4.52. The van der Waals surface area contributed by atoms with Crippen LogP contribution in [0.1, 0.15) is 25.7 Å². The molecule has 0 aliphatic carbocycles. The first-order valence-electron chi connectivity index (χ1n) is 10.2. The molecule has 0 saturated carbocycles. The maximum atomic E-state index is 12.8. The highest BCUT2D eigenvalue weighted by molar-refractivity contribution is 7.91. The highest BCUT2D eigenvalue weighted by atomic mass is 32.2. The minimum Gasteiger partial charge on any atom is -0.326 e. The number of benzene rings is 1. The molecule has 168 valence electrons. The van der Waals surface area contributed by atoms with Crippen LogP contribution >= 0.6 is 11.3 Å². The van der Waals surface area contributed by atoms with Gasteiger partial charge in [-0.1, -0.05) is 6.07 Å². The van der Waals surface area contributed by atoms with Gasteiger partial charge < -0.3 is 5.32 Å². The Labute approximate surface area is 187 Å². The molecule has 1 aromatic heterocycles. The van der Waals surface area contributed by atoms with Crippen molar-refractivity contribution < 1.29 is 21.6 Å².